The maximum atomic E-state index is 12.7. The highest BCUT2D eigenvalue weighted by molar-refractivity contribution is 7.88. The number of hydrogen-bond acceptors (Lipinski definition) is 5. The van der Waals surface area contributed by atoms with E-state index in [1.54, 1.807) is 11.3 Å². The fourth-order valence-electron chi connectivity index (χ4n) is 2.88. The Kier molecular flexibility index (Phi) is 6.24. The van der Waals surface area contributed by atoms with Crippen LogP contribution in [0.25, 0.3) is 0 Å². The minimum absolute atomic E-state index is 0.0445. The second-order valence-corrected chi connectivity index (χ2v) is 9.14. The Morgan fingerprint density at radius 2 is 1.84 bits per heavy atom. The van der Waals surface area contributed by atoms with Gasteiger partial charge in [-0.2, -0.15) is 4.31 Å². The topological polar surface area (TPSA) is 58.6 Å². The third-order valence-electron chi connectivity index (χ3n) is 4.39. The van der Waals surface area contributed by atoms with E-state index in [2.05, 4.69) is 23.7 Å². The van der Waals surface area contributed by atoms with Crippen molar-refractivity contribution < 1.29 is 13.2 Å². The maximum absolute atomic E-state index is 12.7. The molecule has 0 radical (unpaired) electrons. The molecule has 0 atom stereocenters. The van der Waals surface area contributed by atoms with E-state index in [-0.39, 0.29) is 5.75 Å². The fourth-order valence-corrected chi connectivity index (χ4v) is 5.32. The van der Waals surface area contributed by atoms with Crippen molar-refractivity contribution in [2.24, 2.45) is 0 Å². The minimum Gasteiger partial charge on any atom is -0.379 e. The van der Waals surface area contributed by atoms with Gasteiger partial charge in [0.15, 0.2) is 0 Å². The Morgan fingerprint density at radius 1 is 1.12 bits per heavy atom. The van der Waals surface area contributed by atoms with Crippen LogP contribution >= 0.6 is 11.3 Å². The number of ether oxygens (including phenoxy) is 1. The molecule has 0 bridgehead atoms. The quantitative estimate of drug-likeness (QED) is 0.802. The van der Waals surface area contributed by atoms with Crippen molar-refractivity contribution in [1.29, 1.82) is 0 Å². The molecule has 1 aromatic carbocycles. The van der Waals surface area contributed by atoms with Crippen molar-refractivity contribution in [3.8, 4) is 0 Å². The Labute approximate surface area is 153 Å². The highest BCUT2D eigenvalue weighted by Gasteiger charge is 2.25. The normalized spacial score (nSPS) is 16.2. The van der Waals surface area contributed by atoms with E-state index in [4.69, 9.17) is 4.74 Å². The summed E-state index contributed by atoms with van der Waals surface area (Å²) in [6, 6.07) is 9.88. The zero-order chi connectivity index (χ0) is 17.7. The van der Waals surface area contributed by atoms with Crippen LogP contribution in [0.15, 0.2) is 35.7 Å². The number of morpholine rings is 1. The molecule has 136 valence electrons. The Bertz CT molecular complexity index is 796. The van der Waals surface area contributed by atoms with Gasteiger partial charge < -0.3 is 10.1 Å². The highest BCUT2D eigenvalue weighted by atomic mass is 32.2. The summed E-state index contributed by atoms with van der Waals surface area (Å²) < 4.78 is 32.1. The maximum Gasteiger partial charge on any atom is 0.218 e. The van der Waals surface area contributed by atoms with Gasteiger partial charge in [0.1, 0.15) is 0 Å². The summed E-state index contributed by atoms with van der Waals surface area (Å²) in [5.74, 6) is 0.0445. The lowest BCUT2D eigenvalue weighted by molar-refractivity contribution is 0.0729. The molecule has 2 aromatic rings. The number of nitrogens with zero attached hydrogens (tertiary/aromatic N) is 1. The Morgan fingerprint density at radius 3 is 2.52 bits per heavy atom. The number of thiophene rings is 1. The number of hydrogen-bond donors (Lipinski definition) is 1. The van der Waals surface area contributed by atoms with Gasteiger partial charge in [-0.25, -0.2) is 8.42 Å². The Balaban J connectivity index is 1.65. The second kappa shape index (κ2) is 8.42. The van der Waals surface area contributed by atoms with Crippen molar-refractivity contribution in [2.45, 2.75) is 25.8 Å². The first kappa shape index (κ1) is 18.5. The summed E-state index contributed by atoms with van der Waals surface area (Å²) in [5.41, 5.74) is 3.19. The minimum atomic E-state index is -3.31. The molecule has 1 aliphatic heterocycles. The first-order valence-electron chi connectivity index (χ1n) is 8.42. The van der Waals surface area contributed by atoms with Gasteiger partial charge in [0.2, 0.25) is 10.0 Å². The summed E-state index contributed by atoms with van der Waals surface area (Å²) >= 11 is 1.74. The number of rotatable bonds is 7. The van der Waals surface area contributed by atoms with Crippen molar-refractivity contribution in [2.75, 3.05) is 26.3 Å². The van der Waals surface area contributed by atoms with Crippen molar-refractivity contribution in [1.82, 2.24) is 9.62 Å². The van der Waals surface area contributed by atoms with Crippen LogP contribution in [-0.2, 0) is 33.6 Å². The van der Waals surface area contributed by atoms with E-state index in [0.29, 0.717) is 32.8 Å². The predicted octanol–water partition coefficient (Wildman–Crippen LogP) is 2.51. The van der Waals surface area contributed by atoms with Gasteiger partial charge in [0.05, 0.1) is 19.0 Å². The summed E-state index contributed by atoms with van der Waals surface area (Å²) in [6.45, 7) is 5.41. The molecule has 3 rings (SSSR count). The van der Waals surface area contributed by atoms with Crippen LogP contribution in [0, 0.1) is 6.92 Å². The molecule has 0 spiro atoms. The molecular formula is C18H24N2O3S2. The van der Waals surface area contributed by atoms with E-state index in [9.17, 15) is 8.42 Å². The monoisotopic (exact) mass is 380 g/mol. The molecule has 0 saturated carbocycles. The summed E-state index contributed by atoms with van der Waals surface area (Å²) in [4.78, 5) is 1.32. The highest BCUT2D eigenvalue weighted by Crippen LogP contribution is 2.18. The van der Waals surface area contributed by atoms with Gasteiger partial charge >= 0.3 is 0 Å². The third-order valence-corrected chi connectivity index (χ3v) is 7.24. The molecular weight excluding hydrogens is 356 g/mol. The van der Waals surface area contributed by atoms with Crippen molar-refractivity contribution >= 4 is 21.4 Å². The molecule has 0 aliphatic carbocycles. The van der Waals surface area contributed by atoms with E-state index in [1.807, 2.05) is 24.3 Å². The van der Waals surface area contributed by atoms with Crippen LogP contribution in [0.1, 0.15) is 21.6 Å². The molecule has 25 heavy (non-hydrogen) atoms. The number of aryl methyl sites for hydroxylation is 1. The predicted molar refractivity (Wildman–Crippen MR) is 101 cm³/mol. The average Bonchev–Trinajstić information content (AvgIpc) is 3.02. The van der Waals surface area contributed by atoms with Crippen molar-refractivity contribution in [3.63, 3.8) is 0 Å². The van der Waals surface area contributed by atoms with Gasteiger partial charge in [-0.1, -0.05) is 24.3 Å². The summed E-state index contributed by atoms with van der Waals surface area (Å²) in [7, 11) is -3.31. The zero-order valence-electron chi connectivity index (χ0n) is 14.4. The largest absolute Gasteiger partial charge is 0.379 e. The average molecular weight is 381 g/mol. The van der Waals surface area contributed by atoms with Gasteiger partial charge in [0, 0.05) is 31.1 Å². The molecule has 1 aliphatic rings. The van der Waals surface area contributed by atoms with Crippen LogP contribution in [0.4, 0.5) is 0 Å². The van der Waals surface area contributed by atoms with Crippen LogP contribution in [0.3, 0.4) is 0 Å². The second-order valence-electron chi connectivity index (χ2n) is 6.17. The van der Waals surface area contributed by atoms with E-state index in [0.717, 1.165) is 17.7 Å². The zero-order valence-corrected chi connectivity index (χ0v) is 16.0. The van der Waals surface area contributed by atoms with Crippen LogP contribution < -0.4 is 5.32 Å². The summed E-state index contributed by atoms with van der Waals surface area (Å²) in [6.07, 6.45) is 0. The third kappa shape index (κ3) is 4.89. The number of benzene rings is 1. The SMILES string of the molecule is Cc1ccsc1CNCc1ccccc1CS(=O)(=O)N1CCOCC1. The Hall–Kier alpha value is -1.25. The number of sulfonamides is 1. The lowest BCUT2D eigenvalue weighted by Crippen LogP contribution is -2.41. The van der Waals surface area contributed by atoms with Gasteiger partial charge in [-0.15, -0.1) is 11.3 Å². The smallest absolute Gasteiger partial charge is 0.218 e. The molecule has 1 aromatic heterocycles. The van der Waals surface area contributed by atoms with Crippen LogP contribution in [0.5, 0.6) is 0 Å². The molecule has 2 heterocycles. The van der Waals surface area contributed by atoms with E-state index >= 15 is 0 Å². The first-order valence-corrected chi connectivity index (χ1v) is 10.9. The molecule has 0 amide bonds. The lowest BCUT2D eigenvalue weighted by atomic mass is 10.1. The molecule has 0 unspecified atom stereocenters. The lowest BCUT2D eigenvalue weighted by Gasteiger charge is -2.26. The van der Waals surface area contributed by atoms with E-state index < -0.39 is 10.0 Å². The van der Waals surface area contributed by atoms with Gasteiger partial charge in [-0.05, 0) is 35.1 Å². The van der Waals surface area contributed by atoms with Gasteiger partial charge in [0.25, 0.3) is 0 Å². The molecule has 7 heteroatoms. The first-order chi connectivity index (χ1) is 12.1. The van der Waals surface area contributed by atoms with Crippen molar-refractivity contribution in [3.05, 3.63) is 57.3 Å². The number of nitrogens with one attached hydrogen (secondary N) is 1. The molecule has 1 N–H and O–H groups in total. The standard InChI is InChI=1S/C18H24N2O3S2/c1-15-6-11-24-18(15)13-19-12-16-4-2-3-5-17(16)14-25(21,22)20-7-9-23-10-8-20/h2-6,11,19H,7-10,12-14H2,1H3. The molecule has 1 fully saturated rings. The summed E-state index contributed by atoms with van der Waals surface area (Å²) in [5, 5.41) is 5.53. The van der Waals surface area contributed by atoms with Gasteiger partial charge in [-0.3, -0.25) is 0 Å². The molecule has 1 saturated heterocycles. The van der Waals surface area contributed by atoms with E-state index in [1.165, 1.54) is 14.7 Å². The molecule has 5 nitrogen and oxygen atoms in total. The van der Waals surface area contributed by atoms with Crippen LogP contribution in [-0.4, -0.2) is 39.0 Å². The fraction of sp³-hybridized carbons (Fsp3) is 0.444. The van der Waals surface area contributed by atoms with Crippen LogP contribution in [0.2, 0.25) is 0 Å².